The van der Waals surface area contributed by atoms with E-state index in [-0.39, 0.29) is 6.04 Å². The zero-order valence-corrected chi connectivity index (χ0v) is 11.6. The van der Waals surface area contributed by atoms with Crippen LogP contribution >= 0.6 is 0 Å². The minimum absolute atomic E-state index is 0.125. The number of aromatic nitrogens is 1. The van der Waals surface area contributed by atoms with E-state index >= 15 is 0 Å². The number of hydrogen-bond donors (Lipinski definition) is 1. The summed E-state index contributed by atoms with van der Waals surface area (Å²) in [6.45, 7) is 1.41. The highest BCUT2D eigenvalue weighted by molar-refractivity contribution is 5.79. The molecule has 0 aliphatic carbocycles. The summed E-state index contributed by atoms with van der Waals surface area (Å²) >= 11 is 0. The predicted octanol–water partition coefficient (Wildman–Crippen LogP) is 3.31. The van der Waals surface area contributed by atoms with Gasteiger partial charge in [-0.3, -0.25) is 4.98 Å². The predicted molar refractivity (Wildman–Crippen MR) is 82.7 cm³/mol. The average Bonchev–Trinajstić information content (AvgIpc) is 3.01. The second kappa shape index (κ2) is 4.95. The van der Waals surface area contributed by atoms with E-state index in [0.717, 1.165) is 22.0 Å². The van der Waals surface area contributed by atoms with Crippen molar-refractivity contribution in [1.82, 2.24) is 4.98 Å². The molecule has 3 heteroatoms. The van der Waals surface area contributed by atoms with Crippen LogP contribution in [0.15, 0.2) is 54.7 Å². The standard InChI is InChI=1S/C18H16N2O/c19-18(13-3-4-15-10-21-11-16(15)9-13)14-5-6-17-12(8-14)2-1-7-20-17/h1-9,18H,10-11,19H2. The maximum atomic E-state index is 6.44. The molecule has 3 nitrogen and oxygen atoms in total. The molecule has 1 atom stereocenters. The molecule has 0 bridgehead atoms. The fourth-order valence-electron chi connectivity index (χ4n) is 2.87. The number of fused-ring (bicyclic) bond motifs is 2. The van der Waals surface area contributed by atoms with Crippen molar-refractivity contribution in [3.05, 3.63) is 77.0 Å². The smallest absolute Gasteiger partial charge is 0.0725 e. The van der Waals surface area contributed by atoms with Gasteiger partial charge in [0.2, 0.25) is 0 Å². The summed E-state index contributed by atoms with van der Waals surface area (Å²) in [5, 5.41) is 1.12. The van der Waals surface area contributed by atoms with Gasteiger partial charge in [0.1, 0.15) is 0 Å². The minimum Gasteiger partial charge on any atom is -0.372 e. The minimum atomic E-state index is -0.125. The lowest BCUT2D eigenvalue weighted by molar-refractivity contribution is 0.134. The monoisotopic (exact) mass is 276 g/mol. The van der Waals surface area contributed by atoms with Crippen molar-refractivity contribution in [1.29, 1.82) is 0 Å². The Morgan fingerprint density at radius 3 is 2.71 bits per heavy atom. The average molecular weight is 276 g/mol. The molecule has 0 amide bonds. The van der Waals surface area contributed by atoms with E-state index in [9.17, 15) is 0 Å². The van der Waals surface area contributed by atoms with Crippen molar-refractivity contribution in [3.63, 3.8) is 0 Å². The van der Waals surface area contributed by atoms with Crippen LogP contribution < -0.4 is 5.73 Å². The third-order valence-corrected chi connectivity index (χ3v) is 4.09. The number of ether oxygens (including phenoxy) is 1. The number of rotatable bonds is 2. The Balaban J connectivity index is 1.73. The van der Waals surface area contributed by atoms with Crippen molar-refractivity contribution in [2.24, 2.45) is 5.73 Å². The van der Waals surface area contributed by atoms with E-state index in [0.29, 0.717) is 13.2 Å². The van der Waals surface area contributed by atoms with Crippen LogP contribution in [0.5, 0.6) is 0 Å². The first-order valence-corrected chi connectivity index (χ1v) is 7.11. The van der Waals surface area contributed by atoms with Crippen molar-refractivity contribution < 1.29 is 4.74 Å². The zero-order chi connectivity index (χ0) is 14.2. The van der Waals surface area contributed by atoms with Gasteiger partial charge in [-0.2, -0.15) is 0 Å². The second-order valence-electron chi connectivity index (χ2n) is 5.45. The van der Waals surface area contributed by atoms with Gasteiger partial charge in [-0.25, -0.2) is 0 Å². The molecule has 1 aliphatic heterocycles. The molecule has 21 heavy (non-hydrogen) atoms. The first-order valence-electron chi connectivity index (χ1n) is 7.11. The summed E-state index contributed by atoms with van der Waals surface area (Å²) < 4.78 is 5.46. The first kappa shape index (κ1) is 12.5. The normalized spacial score (nSPS) is 15.1. The molecule has 1 unspecified atom stereocenters. The molecule has 1 aromatic heterocycles. The van der Waals surface area contributed by atoms with Gasteiger partial charge in [0.25, 0.3) is 0 Å². The van der Waals surface area contributed by atoms with Crippen LogP contribution in [-0.4, -0.2) is 4.98 Å². The third kappa shape index (κ3) is 2.20. The van der Waals surface area contributed by atoms with Crippen molar-refractivity contribution in [2.75, 3.05) is 0 Å². The number of hydrogen-bond acceptors (Lipinski definition) is 3. The maximum absolute atomic E-state index is 6.44. The van der Waals surface area contributed by atoms with Crippen LogP contribution in [0.2, 0.25) is 0 Å². The Hall–Kier alpha value is -2.23. The largest absolute Gasteiger partial charge is 0.372 e. The molecule has 3 aromatic rings. The van der Waals surface area contributed by atoms with E-state index < -0.39 is 0 Å². The molecule has 0 saturated heterocycles. The van der Waals surface area contributed by atoms with E-state index in [1.807, 2.05) is 18.3 Å². The molecule has 1 aliphatic rings. The van der Waals surface area contributed by atoms with Gasteiger partial charge in [0.15, 0.2) is 0 Å². The van der Waals surface area contributed by atoms with E-state index in [1.54, 1.807) is 0 Å². The summed E-state index contributed by atoms with van der Waals surface area (Å²) in [5.74, 6) is 0. The molecule has 0 radical (unpaired) electrons. The molecule has 2 aromatic carbocycles. The number of nitrogens with two attached hydrogens (primary N) is 1. The Labute approximate surface area is 123 Å². The summed E-state index contributed by atoms with van der Waals surface area (Å²) in [5.41, 5.74) is 12.2. The van der Waals surface area contributed by atoms with Gasteiger partial charge >= 0.3 is 0 Å². The maximum Gasteiger partial charge on any atom is 0.0725 e. The summed E-state index contributed by atoms with van der Waals surface area (Å²) in [4.78, 5) is 4.34. The number of pyridine rings is 1. The van der Waals surface area contributed by atoms with Crippen LogP contribution in [0.4, 0.5) is 0 Å². The topological polar surface area (TPSA) is 48.1 Å². The molecule has 0 saturated carbocycles. The fourth-order valence-corrected chi connectivity index (χ4v) is 2.87. The van der Waals surface area contributed by atoms with Crippen molar-refractivity contribution in [3.8, 4) is 0 Å². The Morgan fingerprint density at radius 2 is 1.76 bits per heavy atom. The molecule has 2 heterocycles. The lowest BCUT2D eigenvalue weighted by atomic mass is 9.95. The highest BCUT2D eigenvalue weighted by atomic mass is 16.5. The Morgan fingerprint density at radius 1 is 0.952 bits per heavy atom. The van der Waals surface area contributed by atoms with Crippen LogP contribution in [-0.2, 0) is 18.0 Å². The summed E-state index contributed by atoms with van der Waals surface area (Å²) in [6, 6.07) is 16.5. The van der Waals surface area contributed by atoms with Gasteiger partial charge in [0.05, 0.1) is 24.8 Å². The zero-order valence-electron chi connectivity index (χ0n) is 11.6. The van der Waals surface area contributed by atoms with Crippen LogP contribution in [0.1, 0.15) is 28.3 Å². The van der Waals surface area contributed by atoms with E-state index in [4.69, 9.17) is 10.5 Å². The Kier molecular flexibility index (Phi) is 2.95. The molecule has 0 spiro atoms. The van der Waals surface area contributed by atoms with Crippen LogP contribution in [0.25, 0.3) is 10.9 Å². The SMILES string of the molecule is NC(c1ccc2c(c1)COC2)c1ccc2ncccc2c1. The van der Waals surface area contributed by atoms with Gasteiger partial charge in [-0.05, 0) is 40.5 Å². The summed E-state index contributed by atoms with van der Waals surface area (Å²) in [6.07, 6.45) is 1.81. The highest BCUT2D eigenvalue weighted by Gasteiger charge is 2.15. The van der Waals surface area contributed by atoms with Gasteiger partial charge in [-0.1, -0.05) is 30.3 Å². The van der Waals surface area contributed by atoms with E-state index in [2.05, 4.69) is 41.4 Å². The third-order valence-electron chi connectivity index (χ3n) is 4.09. The van der Waals surface area contributed by atoms with Crippen LogP contribution in [0.3, 0.4) is 0 Å². The first-order chi connectivity index (χ1) is 10.3. The highest BCUT2D eigenvalue weighted by Crippen LogP contribution is 2.27. The lowest BCUT2D eigenvalue weighted by Gasteiger charge is -2.14. The molecule has 104 valence electrons. The lowest BCUT2D eigenvalue weighted by Crippen LogP contribution is -2.12. The number of nitrogens with zero attached hydrogens (tertiary/aromatic N) is 1. The molecule has 4 rings (SSSR count). The van der Waals surface area contributed by atoms with Crippen molar-refractivity contribution >= 4 is 10.9 Å². The van der Waals surface area contributed by atoms with Crippen molar-refractivity contribution in [2.45, 2.75) is 19.3 Å². The van der Waals surface area contributed by atoms with E-state index in [1.165, 1.54) is 11.1 Å². The fraction of sp³-hybridized carbons (Fsp3) is 0.167. The molecule has 0 fully saturated rings. The second-order valence-corrected chi connectivity index (χ2v) is 5.45. The van der Waals surface area contributed by atoms with Crippen LogP contribution in [0, 0.1) is 0 Å². The number of benzene rings is 2. The van der Waals surface area contributed by atoms with Gasteiger partial charge in [-0.15, -0.1) is 0 Å². The molecular formula is C18H16N2O. The van der Waals surface area contributed by atoms with Gasteiger partial charge in [0, 0.05) is 11.6 Å². The quantitative estimate of drug-likeness (QED) is 0.781. The molecule has 2 N–H and O–H groups in total. The Bertz CT molecular complexity index is 813. The summed E-state index contributed by atoms with van der Waals surface area (Å²) in [7, 11) is 0. The van der Waals surface area contributed by atoms with Gasteiger partial charge < -0.3 is 10.5 Å². The molecular weight excluding hydrogens is 260 g/mol.